The number of hydrogen-bond donors (Lipinski definition) is 1. The number of hydrogen-bond acceptors (Lipinski definition) is 4. The first kappa shape index (κ1) is 25.8. The fourth-order valence-corrected chi connectivity index (χ4v) is 5.15. The van der Waals surface area contributed by atoms with Crippen LogP contribution in [0.2, 0.25) is 0 Å². The van der Waals surface area contributed by atoms with Crippen LogP contribution < -0.4 is 0 Å². The fourth-order valence-electron chi connectivity index (χ4n) is 4.44. The molecule has 0 spiro atoms. The van der Waals surface area contributed by atoms with Crippen molar-refractivity contribution in [2.24, 2.45) is 0 Å². The van der Waals surface area contributed by atoms with Gasteiger partial charge in [0.15, 0.2) is 5.79 Å². The third-order valence-electron chi connectivity index (χ3n) is 5.84. The van der Waals surface area contributed by atoms with E-state index in [1.54, 1.807) is 0 Å². The van der Waals surface area contributed by atoms with E-state index in [9.17, 15) is 5.11 Å². The highest BCUT2D eigenvalue weighted by Gasteiger charge is 2.45. The lowest BCUT2D eigenvalue weighted by atomic mass is 9.80. The maximum Gasteiger partial charge on any atom is 0.164 e. The first-order valence-electron chi connectivity index (χ1n) is 11.2. The van der Waals surface area contributed by atoms with Crippen LogP contribution in [0, 0.1) is 0 Å². The molecule has 178 valence electrons. The molecule has 1 fully saturated rings. The Balaban J connectivity index is 1.73. The summed E-state index contributed by atoms with van der Waals surface area (Å²) in [7, 11) is 0. The van der Waals surface area contributed by atoms with Crippen molar-refractivity contribution >= 4 is 45.2 Å². The molecule has 6 heteroatoms. The first-order chi connectivity index (χ1) is 16.3. The Morgan fingerprint density at radius 2 is 1.32 bits per heavy atom. The van der Waals surface area contributed by atoms with Gasteiger partial charge in [0.25, 0.3) is 0 Å². The minimum absolute atomic E-state index is 0.0605. The summed E-state index contributed by atoms with van der Waals surface area (Å²) in [6.07, 6.45) is 0.167. The highest BCUT2D eigenvalue weighted by atomic mass is 127. The standard InChI is InChI=1S/C28H28I2O4/c1-27(2)33-24(18-25(29)30)26(34-27)23(31)19-32-28(20-12-6-3-7-13-20,21-14-8-4-9-15-21)22-16-10-5-11-17-22/h3-18,23-24,26,31H,19H2,1-2H3/t23?,24-,26?/m0/s1. The average Bonchev–Trinajstić information content (AvgIpc) is 3.14. The number of benzene rings is 3. The normalized spacial score (nSPS) is 20.6. The van der Waals surface area contributed by atoms with Gasteiger partial charge in [0.05, 0.1) is 8.19 Å². The molecular weight excluding hydrogens is 654 g/mol. The molecule has 4 nitrogen and oxygen atoms in total. The molecule has 34 heavy (non-hydrogen) atoms. The smallest absolute Gasteiger partial charge is 0.164 e. The van der Waals surface area contributed by atoms with Gasteiger partial charge in [0.1, 0.15) is 23.9 Å². The Labute approximate surface area is 228 Å². The predicted molar refractivity (Wildman–Crippen MR) is 151 cm³/mol. The van der Waals surface area contributed by atoms with Crippen molar-refractivity contribution in [3.8, 4) is 0 Å². The Bertz CT molecular complexity index is 986. The summed E-state index contributed by atoms with van der Waals surface area (Å²) in [6, 6.07) is 30.4. The molecule has 1 aliphatic rings. The van der Waals surface area contributed by atoms with Crippen LogP contribution in [0.4, 0.5) is 0 Å². The predicted octanol–water partition coefficient (Wildman–Crippen LogP) is 6.59. The molecule has 3 aromatic rings. The van der Waals surface area contributed by atoms with Gasteiger partial charge < -0.3 is 19.3 Å². The quantitative estimate of drug-likeness (QED) is 0.216. The van der Waals surface area contributed by atoms with Crippen LogP contribution in [0.3, 0.4) is 0 Å². The lowest BCUT2D eigenvalue weighted by molar-refractivity contribution is -0.160. The molecule has 3 aromatic carbocycles. The van der Waals surface area contributed by atoms with Gasteiger partial charge in [0, 0.05) is 0 Å². The number of rotatable bonds is 8. The molecule has 0 radical (unpaired) electrons. The van der Waals surface area contributed by atoms with E-state index in [-0.39, 0.29) is 12.7 Å². The zero-order valence-corrected chi connectivity index (χ0v) is 23.4. The van der Waals surface area contributed by atoms with E-state index >= 15 is 0 Å². The molecule has 0 amide bonds. The molecule has 1 heterocycles. The van der Waals surface area contributed by atoms with Crippen LogP contribution >= 0.6 is 45.2 Å². The zero-order chi connectivity index (χ0) is 24.2. The van der Waals surface area contributed by atoms with Crippen LogP contribution in [0.15, 0.2) is 98.7 Å². The molecule has 1 N–H and O–H groups in total. The van der Waals surface area contributed by atoms with Gasteiger partial charge in [0.2, 0.25) is 0 Å². The second-order valence-electron chi connectivity index (χ2n) is 8.68. The van der Waals surface area contributed by atoms with Crippen molar-refractivity contribution in [2.45, 2.75) is 43.5 Å². The number of ether oxygens (including phenoxy) is 3. The molecule has 3 atom stereocenters. The van der Waals surface area contributed by atoms with Crippen molar-refractivity contribution in [2.75, 3.05) is 6.61 Å². The molecule has 0 aromatic heterocycles. The molecule has 1 aliphatic heterocycles. The van der Waals surface area contributed by atoms with Crippen LogP contribution in [0.25, 0.3) is 0 Å². The topological polar surface area (TPSA) is 47.9 Å². The molecule has 0 bridgehead atoms. The summed E-state index contributed by atoms with van der Waals surface area (Å²) < 4.78 is 20.0. The zero-order valence-electron chi connectivity index (χ0n) is 19.1. The van der Waals surface area contributed by atoms with Crippen molar-refractivity contribution in [1.82, 2.24) is 0 Å². The summed E-state index contributed by atoms with van der Waals surface area (Å²) >= 11 is 4.47. The van der Waals surface area contributed by atoms with E-state index in [4.69, 9.17) is 14.2 Å². The van der Waals surface area contributed by atoms with Gasteiger partial charge in [-0.3, -0.25) is 0 Å². The van der Waals surface area contributed by atoms with Crippen molar-refractivity contribution in [3.05, 3.63) is 115 Å². The van der Waals surface area contributed by atoms with E-state index in [1.807, 2.05) is 74.5 Å². The summed E-state index contributed by atoms with van der Waals surface area (Å²) in [5, 5.41) is 11.3. The van der Waals surface area contributed by atoms with Crippen molar-refractivity contribution < 1.29 is 19.3 Å². The SMILES string of the molecule is CC1(C)OC(C(O)COC(c2ccccc2)(c2ccccc2)c2ccccc2)[C@H](C=C(I)I)O1. The van der Waals surface area contributed by atoms with E-state index in [2.05, 4.69) is 81.6 Å². The van der Waals surface area contributed by atoms with Gasteiger partial charge in [-0.05, 0) is 81.8 Å². The number of aliphatic hydroxyl groups excluding tert-OH is 1. The van der Waals surface area contributed by atoms with Gasteiger partial charge in [-0.15, -0.1) is 0 Å². The van der Waals surface area contributed by atoms with E-state index < -0.39 is 23.6 Å². The molecule has 4 rings (SSSR count). The fraction of sp³-hybridized carbons (Fsp3) is 0.286. The third-order valence-corrected chi connectivity index (χ3v) is 6.56. The number of aliphatic hydroxyl groups is 1. The van der Waals surface area contributed by atoms with E-state index in [1.165, 1.54) is 0 Å². The monoisotopic (exact) mass is 682 g/mol. The molecule has 0 aliphatic carbocycles. The van der Waals surface area contributed by atoms with Gasteiger partial charge in [-0.1, -0.05) is 91.0 Å². The third kappa shape index (κ3) is 5.74. The Hall–Kier alpha value is -1.30. The molecule has 2 unspecified atom stereocenters. The molecule has 0 saturated carbocycles. The summed E-state index contributed by atoms with van der Waals surface area (Å²) in [6.45, 7) is 3.79. The van der Waals surface area contributed by atoms with Crippen LogP contribution in [0.1, 0.15) is 30.5 Å². The minimum atomic E-state index is -0.900. The van der Waals surface area contributed by atoms with Gasteiger partial charge in [-0.25, -0.2) is 0 Å². The van der Waals surface area contributed by atoms with Crippen LogP contribution in [0.5, 0.6) is 0 Å². The maximum absolute atomic E-state index is 11.3. The van der Waals surface area contributed by atoms with Crippen molar-refractivity contribution in [1.29, 1.82) is 0 Å². The van der Waals surface area contributed by atoms with Crippen LogP contribution in [-0.2, 0) is 19.8 Å². The molecular formula is C28H28I2O4. The maximum atomic E-state index is 11.3. The van der Waals surface area contributed by atoms with E-state index in [0.29, 0.717) is 0 Å². The Kier molecular flexibility index (Phi) is 8.48. The van der Waals surface area contributed by atoms with Crippen LogP contribution in [-0.4, -0.2) is 35.8 Å². The summed E-state index contributed by atoms with van der Waals surface area (Å²) in [4.78, 5) is 0. The second-order valence-corrected chi connectivity index (χ2v) is 13.1. The Morgan fingerprint density at radius 1 is 0.882 bits per heavy atom. The Morgan fingerprint density at radius 3 is 1.74 bits per heavy atom. The van der Waals surface area contributed by atoms with E-state index in [0.717, 1.165) is 18.3 Å². The lowest BCUT2D eigenvalue weighted by Gasteiger charge is -2.37. The minimum Gasteiger partial charge on any atom is -0.388 e. The highest BCUT2D eigenvalue weighted by molar-refractivity contribution is 14.2. The summed E-state index contributed by atoms with van der Waals surface area (Å²) in [5.74, 6) is -0.787. The first-order valence-corrected chi connectivity index (χ1v) is 13.3. The summed E-state index contributed by atoms with van der Waals surface area (Å²) in [5.41, 5.74) is 2.06. The number of halogens is 2. The lowest BCUT2D eigenvalue weighted by Crippen LogP contribution is -2.42. The van der Waals surface area contributed by atoms with Gasteiger partial charge in [-0.2, -0.15) is 0 Å². The average molecular weight is 682 g/mol. The van der Waals surface area contributed by atoms with Crippen molar-refractivity contribution in [3.63, 3.8) is 0 Å². The van der Waals surface area contributed by atoms with Gasteiger partial charge >= 0.3 is 0 Å². The molecule has 1 saturated heterocycles. The second kappa shape index (κ2) is 11.2. The highest BCUT2D eigenvalue weighted by Crippen LogP contribution is 2.41. The largest absolute Gasteiger partial charge is 0.388 e.